The fraction of sp³-hybridized carbons (Fsp3) is 0.333. The number of aryl methyl sites for hydroxylation is 1. The third kappa shape index (κ3) is 3.27. The highest BCUT2D eigenvalue weighted by molar-refractivity contribution is 5.95. The van der Waals surface area contributed by atoms with Gasteiger partial charge in [-0.25, -0.2) is 9.97 Å². The Hall–Kier alpha value is -3.52. The first kappa shape index (κ1) is 20.4. The molecule has 1 unspecified atom stereocenters. The zero-order valence-corrected chi connectivity index (χ0v) is 18.2. The minimum absolute atomic E-state index is 0.0931. The van der Waals surface area contributed by atoms with Crippen LogP contribution in [0.25, 0.3) is 16.6 Å². The van der Waals surface area contributed by atoms with Crippen LogP contribution in [0.3, 0.4) is 0 Å². The zero-order valence-electron chi connectivity index (χ0n) is 18.2. The van der Waals surface area contributed by atoms with Crippen LogP contribution in [0.4, 0.5) is 0 Å². The number of ether oxygens (including phenoxy) is 1. The standard InChI is InChI=1S/C24H25N5O3/c1-16-21(28-12-6-5-11-20(28)25-16)24(31)27-13-7-10-19(27)22-26-18-9-4-3-8-17(18)23(30)29(22)14-15-32-2/h3-6,8-9,11-12,19H,7,10,13-15H2,1-2H3. The Morgan fingerprint density at radius 3 is 2.81 bits per heavy atom. The fourth-order valence-electron chi connectivity index (χ4n) is 4.62. The van der Waals surface area contributed by atoms with Gasteiger partial charge in [-0.2, -0.15) is 0 Å². The lowest BCUT2D eigenvalue weighted by Crippen LogP contribution is -2.36. The Balaban J connectivity index is 1.62. The number of rotatable bonds is 5. The number of hydrogen-bond donors (Lipinski definition) is 0. The molecule has 8 heteroatoms. The normalized spacial score (nSPS) is 16.3. The summed E-state index contributed by atoms with van der Waals surface area (Å²) in [6.45, 7) is 3.24. The van der Waals surface area contributed by atoms with E-state index in [9.17, 15) is 9.59 Å². The van der Waals surface area contributed by atoms with Crippen LogP contribution in [0.15, 0.2) is 53.5 Å². The first-order chi connectivity index (χ1) is 15.6. The van der Waals surface area contributed by atoms with Crippen LogP contribution in [0.5, 0.6) is 0 Å². The molecule has 3 aromatic heterocycles. The van der Waals surface area contributed by atoms with E-state index in [1.54, 1.807) is 17.7 Å². The Bertz CT molecular complexity index is 1370. The second-order valence-electron chi connectivity index (χ2n) is 8.07. The van der Waals surface area contributed by atoms with Crippen LogP contribution in [0.1, 0.15) is 40.9 Å². The molecule has 32 heavy (non-hydrogen) atoms. The van der Waals surface area contributed by atoms with Gasteiger partial charge in [-0.3, -0.25) is 18.6 Å². The number of para-hydroxylation sites is 1. The highest BCUT2D eigenvalue weighted by Gasteiger charge is 2.36. The maximum absolute atomic E-state index is 13.7. The second-order valence-corrected chi connectivity index (χ2v) is 8.07. The van der Waals surface area contributed by atoms with Crippen LogP contribution < -0.4 is 5.56 Å². The molecule has 1 aliphatic heterocycles. The molecule has 5 rings (SSSR count). The van der Waals surface area contributed by atoms with E-state index >= 15 is 0 Å². The van der Waals surface area contributed by atoms with Gasteiger partial charge in [-0.15, -0.1) is 0 Å². The molecule has 8 nitrogen and oxygen atoms in total. The van der Waals surface area contributed by atoms with E-state index in [0.29, 0.717) is 47.8 Å². The fourth-order valence-corrected chi connectivity index (χ4v) is 4.62. The number of fused-ring (bicyclic) bond motifs is 2. The number of pyridine rings is 1. The molecule has 1 aliphatic rings. The first-order valence-electron chi connectivity index (χ1n) is 10.8. The van der Waals surface area contributed by atoms with Gasteiger partial charge in [0.1, 0.15) is 17.2 Å². The van der Waals surface area contributed by atoms with Crippen molar-refractivity contribution in [3.05, 3.63) is 76.2 Å². The highest BCUT2D eigenvalue weighted by atomic mass is 16.5. The molecule has 1 aromatic carbocycles. The van der Waals surface area contributed by atoms with Crippen molar-refractivity contribution in [1.82, 2.24) is 23.8 Å². The van der Waals surface area contributed by atoms with Crippen molar-refractivity contribution >= 4 is 22.5 Å². The SMILES string of the molecule is COCCn1c(C2CCCN2C(=O)c2c(C)nc3ccccn23)nc2ccccc2c1=O. The molecule has 1 amide bonds. The molecule has 1 atom stereocenters. The summed E-state index contributed by atoms with van der Waals surface area (Å²) in [5.74, 6) is 0.521. The van der Waals surface area contributed by atoms with Crippen LogP contribution in [0.2, 0.25) is 0 Å². The maximum atomic E-state index is 13.7. The minimum Gasteiger partial charge on any atom is -0.383 e. The predicted molar refractivity (Wildman–Crippen MR) is 121 cm³/mol. The zero-order chi connectivity index (χ0) is 22.2. The quantitative estimate of drug-likeness (QED) is 0.485. The van der Waals surface area contributed by atoms with E-state index in [0.717, 1.165) is 18.5 Å². The van der Waals surface area contributed by atoms with Crippen molar-refractivity contribution in [2.75, 3.05) is 20.3 Å². The number of amides is 1. The summed E-state index contributed by atoms with van der Waals surface area (Å²) in [5.41, 5.74) is 2.53. The summed E-state index contributed by atoms with van der Waals surface area (Å²) in [6.07, 6.45) is 3.45. The third-order valence-electron chi connectivity index (χ3n) is 6.13. The molecule has 1 fully saturated rings. The molecule has 4 heterocycles. The van der Waals surface area contributed by atoms with Gasteiger partial charge < -0.3 is 9.64 Å². The van der Waals surface area contributed by atoms with Crippen LogP contribution >= 0.6 is 0 Å². The van der Waals surface area contributed by atoms with E-state index in [2.05, 4.69) is 4.98 Å². The number of imidazole rings is 1. The van der Waals surface area contributed by atoms with E-state index in [-0.39, 0.29) is 17.5 Å². The van der Waals surface area contributed by atoms with Crippen molar-refractivity contribution in [3.8, 4) is 0 Å². The third-order valence-corrected chi connectivity index (χ3v) is 6.13. The summed E-state index contributed by atoms with van der Waals surface area (Å²) in [4.78, 5) is 38.3. The van der Waals surface area contributed by atoms with Crippen molar-refractivity contribution in [2.24, 2.45) is 0 Å². The van der Waals surface area contributed by atoms with E-state index < -0.39 is 0 Å². The van der Waals surface area contributed by atoms with Crippen molar-refractivity contribution in [3.63, 3.8) is 0 Å². The molecule has 0 N–H and O–H groups in total. The number of methoxy groups -OCH3 is 1. The largest absolute Gasteiger partial charge is 0.383 e. The topological polar surface area (TPSA) is 81.7 Å². The molecule has 0 saturated carbocycles. The van der Waals surface area contributed by atoms with Gasteiger partial charge in [-0.05, 0) is 44.0 Å². The Morgan fingerprint density at radius 1 is 1.16 bits per heavy atom. The molecule has 4 aromatic rings. The number of likely N-dealkylation sites (tertiary alicyclic amines) is 1. The van der Waals surface area contributed by atoms with Gasteiger partial charge in [0.2, 0.25) is 0 Å². The molecular weight excluding hydrogens is 406 g/mol. The Labute approximate surface area is 185 Å². The number of nitrogens with zero attached hydrogens (tertiary/aromatic N) is 5. The van der Waals surface area contributed by atoms with Crippen molar-refractivity contribution in [2.45, 2.75) is 32.4 Å². The van der Waals surface area contributed by atoms with Gasteiger partial charge in [0.25, 0.3) is 11.5 Å². The van der Waals surface area contributed by atoms with Gasteiger partial charge in [0.05, 0.1) is 35.8 Å². The smallest absolute Gasteiger partial charge is 0.273 e. The van der Waals surface area contributed by atoms with Crippen LogP contribution in [-0.4, -0.2) is 50.0 Å². The lowest BCUT2D eigenvalue weighted by Gasteiger charge is -2.27. The number of aromatic nitrogens is 4. The van der Waals surface area contributed by atoms with E-state index in [1.807, 2.05) is 58.8 Å². The lowest BCUT2D eigenvalue weighted by molar-refractivity contribution is 0.0717. The Kier molecular flexibility index (Phi) is 5.22. The maximum Gasteiger partial charge on any atom is 0.273 e. The molecule has 164 valence electrons. The van der Waals surface area contributed by atoms with Gasteiger partial charge in [0.15, 0.2) is 0 Å². The number of carbonyl (C=O) groups is 1. The molecule has 0 aliphatic carbocycles. The average Bonchev–Trinajstić information content (AvgIpc) is 3.42. The molecule has 1 saturated heterocycles. The van der Waals surface area contributed by atoms with Crippen molar-refractivity contribution < 1.29 is 9.53 Å². The predicted octanol–water partition coefficient (Wildman–Crippen LogP) is 2.98. The molecule has 0 spiro atoms. The average molecular weight is 431 g/mol. The summed E-state index contributed by atoms with van der Waals surface area (Å²) in [7, 11) is 1.61. The summed E-state index contributed by atoms with van der Waals surface area (Å²) in [5, 5.41) is 0.570. The van der Waals surface area contributed by atoms with Crippen LogP contribution in [0, 0.1) is 6.92 Å². The van der Waals surface area contributed by atoms with Crippen LogP contribution in [-0.2, 0) is 11.3 Å². The second kappa shape index (κ2) is 8.20. The van der Waals surface area contributed by atoms with Gasteiger partial charge in [-0.1, -0.05) is 18.2 Å². The summed E-state index contributed by atoms with van der Waals surface area (Å²) in [6, 6.07) is 12.7. The van der Waals surface area contributed by atoms with Crippen molar-refractivity contribution in [1.29, 1.82) is 0 Å². The number of hydrogen-bond acceptors (Lipinski definition) is 5. The lowest BCUT2D eigenvalue weighted by atomic mass is 10.1. The Morgan fingerprint density at radius 2 is 1.97 bits per heavy atom. The van der Waals surface area contributed by atoms with Gasteiger partial charge in [0, 0.05) is 19.9 Å². The monoisotopic (exact) mass is 431 g/mol. The summed E-state index contributed by atoms with van der Waals surface area (Å²) < 4.78 is 8.75. The van der Waals surface area contributed by atoms with Gasteiger partial charge >= 0.3 is 0 Å². The number of carbonyl (C=O) groups excluding carboxylic acids is 1. The summed E-state index contributed by atoms with van der Waals surface area (Å²) >= 11 is 0. The molecule has 0 bridgehead atoms. The van der Waals surface area contributed by atoms with E-state index in [4.69, 9.17) is 9.72 Å². The number of benzene rings is 1. The highest BCUT2D eigenvalue weighted by Crippen LogP contribution is 2.33. The molecular formula is C24H25N5O3. The minimum atomic E-state index is -0.287. The van der Waals surface area contributed by atoms with E-state index in [1.165, 1.54) is 0 Å². The molecule has 0 radical (unpaired) electrons. The first-order valence-corrected chi connectivity index (χ1v) is 10.8.